The SMILES string of the molecule is O=C(O)c1cn(CCNC(=O)C2CCNC2)nn1. The number of hydrogen-bond acceptors (Lipinski definition) is 5. The number of rotatable bonds is 5. The van der Waals surface area contributed by atoms with Crippen LogP contribution in [0.15, 0.2) is 6.20 Å². The smallest absolute Gasteiger partial charge is 0.358 e. The summed E-state index contributed by atoms with van der Waals surface area (Å²) in [6, 6.07) is 0. The fraction of sp³-hybridized carbons (Fsp3) is 0.600. The van der Waals surface area contributed by atoms with Crippen LogP contribution in [0.25, 0.3) is 0 Å². The zero-order valence-corrected chi connectivity index (χ0v) is 9.80. The molecule has 0 radical (unpaired) electrons. The van der Waals surface area contributed by atoms with Crippen LogP contribution in [-0.2, 0) is 11.3 Å². The Morgan fingerprint density at radius 2 is 2.44 bits per heavy atom. The molecule has 1 amide bonds. The first-order valence-electron chi connectivity index (χ1n) is 5.78. The van der Waals surface area contributed by atoms with Crippen LogP contribution in [0.3, 0.4) is 0 Å². The second kappa shape index (κ2) is 5.58. The molecule has 1 saturated heterocycles. The van der Waals surface area contributed by atoms with Gasteiger partial charge in [-0.3, -0.25) is 4.79 Å². The van der Waals surface area contributed by atoms with Crippen LogP contribution in [0.1, 0.15) is 16.9 Å². The van der Waals surface area contributed by atoms with E-state index in [9.17, 15) is 9.59 Å². The van der Waals surface area contributed by atoms with E-state index in [0.717, 1.165) is 19.5 Å². The van der Waals surface area contributed by atoms with Gasteiger partial charge in [-0.05, 0) is 13.0 Å². The lowest BCUT2D eigenvalue weighted by Crippen LogP contribution is -2.34. The van der Waals surface area contributed by atoms with E-state index in [1.807, 2.05) is 0 Å². The third-order valence-corrected chi connectivity index (χ3v) is 2.83. The number of nitrogens with zero attached hydrogens (tertiary/aromatic N) is 3. The van der Waals surface area contributed by atoms with Crippen LogP contribution in [0.2, 0.25) is 0 Å². The molecule has 1 unspecified atom stereocenters. The van der Waals surface area contributed by atoms with Crippen LogP contribution in [-0.4, -0.2) is 51.6 Å². The molecule has 8 heteroatoms. The summed E-state index contributed by atoms with van der Waals surface area (Å²) < 4.78 is 1.40. The monoisotopic (exact) mass is 253 g/mol. The predicted octanol–water partition coefficient (Wildman–Crippen LogP) is -1.30. The Morgan fingerprint density at radius 3 is 3.06 bits per heavy atom. The minimum Gasteiger partial charge on any atom is -0.476 e. The molecule has 1 aliphatic rings. The number of nitrogens with one attached hydrogen (secondary N) is 2. The highest BCUT2D eigenvalue weighted by atomic mass is 16.4. The van der Waals surface area contributed by atoms with E-state index in [0.29, 0.717) is 13.1 Å². The van der Waals surface area contributed by atoms with Crippen LogP contribution in [0.5, 0.6) is 0 Å². The van der Waals surface area contributed by atoms with Crippen molar-refractivity contribution in [3.8, 4) is 0 Å². The molecule has 0 saturated carbocycles. The van der Waals surface area contributed by atoms with Gasteiger partial charge in [0.15, 0.2) is 5.69 Å². The number of carboxylic acid groups (broad SMARTS) is 1. The van der Waals surface area contributed by atoms with Crippen molar-refractivity contribution in [3.63, 3.8) is 0 Å². The molecule has 1 atom stereocenters. The van der Waals surface area contributed by atoms with E-state index >= 15 is 0 Å². The molecule has 8 nitrogen and oxygen atoms in total. The number of aromatic nitrogens is 3. The Labute approximate surface area is 103 Å². The van der Waals surface area contributed by atoms with Crippen molar-refractivity contribution in [2.45, 2.75) is 13.0 Å². The molecule has 1 aromatic rings. The van der Waals surface area contributed by atoms with Gasteiger partial charge in [-0.1, -0.05) is 5.21 Å². The van der Waals surface area contributed by atoms with E-state index in [-0.39, 0.29) is 17.5 Å². The number of carbonyl (C=O) groups is 2. The normalized spacial score (nSPS) is 18.8. The molecule has 0 spiro atoms. The van der Waals surface area contributed by atoms with Crippen molar-refractivity contribution >= 4 is 11.9 Å². The molecule has 1 fully saturated rings. The van der Waals surface area contributed by atoms with E-state index in [2.05, 4.69) is 20.9 Å². The lowest BCUT2D eigenvalue weighted by Gasteiger charge is -2.09. The summed E-state index contributed by atoms with van der Waals surface area (Å²) >= 11 is 0. The minimum atomic E-state index is -1.11. The van der Waals surface area contributed by atoms with Gasteiger partial charge in [-0.2, -0.15) is 0 Å². The quantitative estimate of drug-likeness (QED) is 0.602. The molecule has 0 aromatic carbocycles. The summed E-state index contributed by atoms with van der Waals surface area (Å²) in [4.78, 5) is 22.2. The summed E-state index contributed by atoms with van der Waals surface area (Å²) in [7, 11) is 0. The molecule has 18 heavy (non-hydrogen) atoms. The van der Waals surface area contributed by atoms with Crippen molar-refractivity contribution in [2.75, 3.05) is 19.6 Å². The first-order valence-corrected chi connectivity index (χ1v) is 5.78. The van der Waals surface area contributed by atoms with Crippen molar-refractivity contribution in [2.24, 2.45) is 5.92 Å². The van der Waals surface area contributed by atoms with Crippen LogP contribution in [0, 0.1) is 5.92 Å². The summed E-state index contributed by atoms with van der Waals surface area (Å²) in [5.41, 5.74) is -0.0960. The molecule has 2 heterocycles. The van der Waals surface area contributed by atoms with Crippen LogP contribution < -0.4 is 10.6 Å². The Bertz CT molecular complexity index is 438. The van der Waals surface area contributed by atoms with Crippen molar-refractivity contribution in [1.82, 2.24) is 25.6 Å². The summed E-state index contributed by atoms with van der Waals surface area (Å²) in [6.45, 7) is 2.42. The molecule has 0 bridgehead atoms. The first kappa shape index (κ1) is 12.5. The summed E-state index contributed by atoms with van der Waals surface area (Å²) in [5.74, 6) is -1.05. The zero-order valence-electron chi connectivity index (χ0n) is 9.80. The van der Waals surface area contributed by atoms with E-state index in [1.54, 1.807) is 0 Å². The Kier molecular flexibility index (Phi) is 3.88. The Balaban J connectivity index is 1.74. The number of carbonyl (C=O) groups excluding carboxylic acids is 1. The number of amides is 1. The third-order valence-electron chi connectivity index (χ3n) is 2.83. The standard InChI is InChI=1S/C10H15N5O3/c16-9(7-1-2-11-5-7)12-3-4-15-6-8(10(17)18)13-14-15/h6-7,11H,1-5H2,(H,12,16)(H,17,18). The number of carboxylic acids is 1. The molecule has 2 rings (SSSR count). The minimum absolute atomic E-state index is 0.0265. The van der Waals surface area contributed by atoms with Gasteiger partial charge in [0.25, 0.3) is 0 Å². The van der Waals surface area contributed by atoms with Crippen molar-refractivity contribution in [1.29, 1.82) is 0 Å². The molecular formula is C10H15N5O3. The molecule has 98 valence electrons. The van der Waals surface area contributed by atoms with Gasteiger partial charge in [-0.15, -0.1) is 5.10 Å². The van der Waals surface area contributed by atoms with Crippen molar-refractivity contribution in [3.05, 3.63) is 11.9 Å². The van der Waals surface area contributed by atoms with Crippen LogP contribution >= 0.6 is 0 Å². The highest BCUT2D eigenvalue weighted by Gasteiger charge is 2.21. The van der Waals surface area contributed by atoms with E-state index < -0.39 is 5.97 Å². The molecule has 1 aliphatic heterocycles. The van der Waals surface area contributed by atoms with Gasteiger partial charge in [0, 0.05) is 13.1 Å². The second-order valence-corrected chi connectivity index (χ2v) is 4.15. The number of hydrogen-bond donors (Lipinski definition) is 3. The lowest BCUT2D eigenvalue weighted by molar-refractivity contribution is -0.124. The summed E-state index contributed by atoms with van der Waals surface area (Å²) in [6.07, 6.45) is 2.20. The van der Waals surface area contributed by atoms with Gasteiger partial charge in [0.1, 0.15) is 0 Å². The maximum absolute atomic E-state index is 11.7. The predicted molar refractivity (Wildman–Crippen MR) is 61.0 cm³/mol. The van der Waals surface area contributed by atoms with E-state index in [4.69, 9.17) is 5.11 Å². The maximum atomic E-state index is 11.7. The topological polar surface area (TPSA) is 109 Å². The highest BCUT2D eigenvalue weighted by Crippen LogP contribution is 2.06. The van der Waals surface area contributed by atoms with Crippen molar-refractivity contribution < 1.29 is 14.7 Å². The fourth-order valence-corrected chi connectivity index (χ4v) is 1.82. The molecule has 0 aliphatic carbocycles. The first-order chi connectivity index (χ1) is 8.66. The van der Waals surface area contributed by atoms with Gasteiger partial charge in [0.2, 0.25) is 5.91 Å². The second-order valence-electron chi connectivity index (χ2n) is 4.15. The fourth-order valence-electron chi connectivity index (χ4n) is 1.82. The van der Waals surface area contributed by atoms with Gasteiger partial charge in [0.05, 0.1) is 18.7 Å². The van der Waals surface area contributed by atoms with E-state index in [1.165, 1.54) is 10.9 Å². The van der Waals surface area contributed by atoms with Gasteiger partial charge < -0.3 is 15.7 Å². The zero-order chi connectivity index (χ0) is 13.0. The molecular weight excluding hydrogens is 238 g/mol. The Morgan fingerprint density at radius 1 is 1.61 bits per heavy atom. The van der Waals surface area contributed by atoms with Crippen LogP contribution in [0.4, 0.5) is 0 Å². The largest absolute Gasteiger partial charge is 0.476 e. The third kappa shape index (κ3) is 3.04. The Hall–Kier alpha value is -1.96. The number of aromatic carboxylic acids is 1. The molecule has 1 aromatic heterocycles. The average Bonchev–Trinajstić information content (AvgIpc) is 3.00. The summed E-state index contributed by atoms with van der Waals surface area (Å²) in [5, 5.41) is 21.7. The highest BCUT2D eigenvalue weighted by molar-refractivity contribution is 5.84. The van der Waals surface area contributed by atoms with Gasteiger partial charge in [-0.25, -0.2) is 9.48 Å². The molecule has 3 N–H and O–H groups in total. The average molecular weight is 253 g/mol. The maximum Gasteiger partial charge on any atom is 0.358 e. The van der Waals surface area contributed by atoms with Gasteiger partial charge >= 0.3 is 5.97 Å². The lowest BCUT2D eigenvalue weighted by atomic mass is 10.1.